The number of aliphatic carboxylic acids is 1. The molecule has 0 radical (unpaired) electrons. The second-order valence-corrected chi connectivity index (χ2v) is 6.16. The summed E-state index contributed by atoms with van der Waals surface area (Å²) < 4.78 is 11.3. The fourth-order valence-corrected chi connectivity index (χ4v) is 2.58. The average Bonchev–Trinajstić information content (AvgIpc) is 2.58. The summed E-state index contributed by atoms with van der Waals surface area (Å²) in [7, 11) is 1.58. The topological polar surface area (TPSA) is 55.8 Å². The average molecular weight is 328 g/mol. The van der Waals surface area contributed by atoms with Gasteiger partial charge in [-0.05, 0) is 29.5 Å². The fraction of sp³-hybridized carbons (Fsp3) is 0.350. The Kier molecular flexibility index (Phi) is 6.24. The largest absolute Gasteiger partial charge is 0.493 e. The molecule has 0 amide bonds. The van der Waals surface area contributed by atoms with Gasteiger partial charge in [-0.3, -0.25) is 4.79 Å². The van der Waals surface area contributed by atoms with Gasteiger partial charge in [-0.2, -0.15) is 0 Å². The molecule has 4 nitrogen and oxygen atoms in total. The highest BCUT2D eigenvalue weighted by molar-refractivity contribution is 5.76. The van der Waals surface area contributed by atoms with Crippen LogP contribution >= 0.6 is 0 Å². The van der Waals surface area contributed by atoms with E-state index in [9.17, 15) is 9.90 Å². The zero-order valence-electron chi connectivity index (χ0n) is 14.4. The van der Waals surface area contributed by atoms with Crippen LogP contribution in [0.25, 0.3) is 0 Å². The lowest BCUT2D eigenvalue weighted by Crippen LogP contribution is -2.15. The van der Waals surface area contributed by atoms with Crippen molar-refractivity contribution in [3.63, 3.8) is 0 Å². The predicted molar refractivity (Wildman–Crippen MR) is 93.8 cm³/mol. The molecule has 2 aromatic rings. The third-order valence-corrected chi connectivity index (χ3v) is 3.76. The zero-order chi connectivity index (χ0) is 17.5. The third kappa shape index (κ3) is 4.51. The third-order valence-electron chi connectivity index (χ3n) is 3.76. The van der Waals surface area contributed by atoms with Gasteiger partial charge in [0.2, 0.25) is 0 Å². The molecule has 128 valence electrons. The Balaban J connectivity index is 2.30. The first-order valence-corrected chi connectivity index (χ1v) is 8.09. The molecule has 1 N–H and O–H groups in total. The summed E-state index contributed by atoms with van der Waals surface area (Å²) in [5.41, 5.74) is 1.61. The lowest BCUT2D eigenvalue weighted by molar-refractivity contribution is -0.138. The molecule has 0 saturated carbocycles. The number of para-hydroxylation sites is 1. The normalized spacial score (nSPS) is 12.0. The Labute approximate surface area is 143 Å². The Hall–Kier alpha value is -2.49. The van der Waals surface area contributed by atoms with Crippen LogP contribution in [-0.4, -0.2) is 24.8 Å². The number of methoxy groups -OCH3 is 1. The van der Waals surface area contributed by atoms with E-state index in [1.165, 1.54) is 0 Å². The molecule has 0 fully saturated rings. The second kappa shape index (κ2) is 8.39. The van der Waals surface area contributed by atoms with Crippen LogP contribution in [0.5, 0.6) is 11.5 Å². The summed E-state index contributed by atoms with van der Waals surface area (Å²) in [4.78, 5) is 11.7. The Morgan fingerprint density at radius 1 is 1.08 bits per heavy atom. The van der Waals surface area contributed by atoms with Crippen molar-refractivity contribution < 1.29 is 19.4 Å². The molecule has 0 aliphatic carbocycles. The smallest absolute Gasteiger partial charge is 0.311 e. The quantitative estimate of drug-likeness (QED) is 0.791. The van der Waals surface area contributed by atoms with Crippen molar-refractivity contribution in [3.8, 4) is 11.5 Å². The van der Waals surface area contributed by atoms with E-state index in [1.807, 2.05) is 48.5 Å². The molecule has 0 spiro atoms. The van der Waals surface area contributed by atoms with Crippen LogP contribution in [0.3, 0.4) is 0 Å². The minimum atomic E-state index is -0.850. The van der Waals surface area contributed by atoms with Crippen molar-refractivity contribution in [1.29, 1.82) is 0 Å². The van der Waals surface area contributed by atoms with Crippen LogP contribution in [0.2, 0.25) is 0 Å². The van der Waals surface area contributed by atoms with Gasteiger partial charge in [0.05, 0.1) is 19.6 Å². The van der Waals surface area contributed by atoms with Crippen LogP contribution in [0.4, 0.5) is 0 Å². The summed E-state index contributed by atoms with van der Waals surface area (Å²) in [6.07, 6.45) is 0.349. The number of benzene rings is 2. The fourth-order valence-electron chi connectivity index (χ4n) is 2.58. The maximum Gasteiger partial charge on any atom is 0.311 e. The summed E-state index contributed by atoms with van der Waals surface area (Å²) in [5, 5.41) is 9.62. The van der Waals surface area contributed by atoms with Crippen molar-refractivity contribution in [2.24, 2.45) is 5.92 Å². The van der Waals surface area contributed by atoms with Crippen LogP contribution in [0, 0.1) is 5.92 Å². The molecule has 1 unspecified atom stereocenters. The van der Waals surface area contributed by atoms with Gasteiger partial charge in [-0.1, -0.05) is 56.3 Å². The maximum absolute atomic E-state index is 11.7. The van der Waals surface area contributed by atoms with Gasteiger partial charge in [0.15, 0.2) is 11.5 Å². The first kappa shape index (κ1) is 17.9. The van der Waals surface area contributed by atoms with E-state index in [0.717, 1.165) is 11.1 Å². The van der Waals surface area contributed by atoms with E-state index >= 15 is 0 Å². The molecule has 24 heavy (non-hydrogen) atoms. The van der Waals surface area contributed by atoms with E-state index in [4.69, 9.17) is 9.47 Å². The number of rotatable bonds is 8. The molecule has 0 aliphatic rings. The minimum absolute atomic E-state index is 0.349. The van der Waals surface area contributed by atoms with Crippen LogP contribution in [-0.2, 0) is 11.2 Å². The van der Waals surface area contributed by atoms with Gasteiger partial charge in [-0.15, -0.1) is 0 Å². The molecule has 1 atom stereocenters. The molecular weight excluding hydrogens is 304 g/mol. The van der Waals surface area contributed by atoms with Gasteiger partial charge in [0.25, 0.3) is 0 Å². The number of hydrogen-bond acceptors (Lipinski definition) is 3. The summed E-state index contributed by atoms with van der Waals surface area (Å²) in [5.74, 6) is 0.188. The molecular formula is C20H24O4. The SMILES string of the molecule is COc1c(CC(C(=O)O)c2ccccc2)cccc1OCC(C)C. The summed E-state index contributed by atoms with van der Waals surface area (Å²) in [6, 6.07) is 14.9. The highest BCUT2D eigenvalue weighted by Crippen LogP contribution is 2.34. The number of carbonyl (C=O) groups is 1. The van der Waals surface area contributed by atoms with Gasteiger partial charge >= 0.3 is 5.97 Å². The van der Waals surface area contributed by atoms with Crippen LogP contribution < -0.4 is 9.47 Å². The first-order chi connectivity index (χ1) is 11.5. The molecule has 0 aromatic heterocycles. The standard InChI is InChI=1S/C20H24O4/c1-14(2)13-24-18-11-7-10-16(19(18)23-3)12-17(20(21)22)15-8-5-4-6-9-15/h4-11,14,17H,12-13H2,1-3H3,(H,21,22). The van der Waals surface area contributed by atoms with E-state index in [0.29, 0.717) is 30.4 Å². The molecule has 0 aliphatic heterocycles. The van der Waals surface area contributed by atoms with E-state index in [2.05, 4.69) is 13.8 Å². The molecule has 2 aromatic carbocycles. The van der Waals surface area contributed by atoms with E-state index in [-0.39, 0.29) is 0 Å². The summed E-state index contributed by atoms with van der Waals surface area (Å²) in [6.45, 7) is 4.74. The maximum atomic E-state index is 11.7. The Bertz CT molecular complexity index is 665. The molecule has 0 saturated heterocycles. The van der Waals surface area contributed by atoms with Gasteiger partial charge < -0.3 is 14.6 Å². The highest BCUT2D eigenvalue weighted by atomic mass is 16.5. The van der Waals surface area contributed by atoms with Gasteiger partial charge in [0, 0.05) is 0 Å². The predicted octanol–water partition coefficient (Wildman–Crippen LogP) is 4.14. The van der Waals surface area contributed by atoms with E-state index < -0.39 is 11.9 Å². The van der Waals surface area contributed by atoms with E-state index in [1.54, 1.807) is 7.11 Å². The number of carboxylic acids is 1. The zero-order valence-corrected chi connectivity index (χ0v) is 14.4. The highest BCUT2D eigenvalue weighted by Gasteiger charge is 2.23. The molecule has 2 rings (SSSR count). The molecule has 0 heterocycles. The Morgan fingerprint density at radius 2 is 1.79 bits per heavy atom. The molecule has 0 bridgehead atoms. The lowest BCUT2D eigenvalue weighted by atomic mass is 9.91. The number of carboxylic acid groups (broad SMARTS) is 1. The van der Waals surface area contributed by atoms with Crippen molar-refractivity contribution in [3.05, 3.63) is 59.7 Å². The van der Waals surface area contributed by atoms with Crippen LogP contribution in [0.15, 0.2) is 48.5 Å². The lowest BCUT2D eigenvalue weighted by Gasteiger charge is -2.18. The molecule has 4 heteroatoms. The summed E-state index contributed by atoms with van der Waals surface area (Å²) >= 11 is 0. The van der Waals surface area contributed by atoms with Crippen LogP contribution in [0.1, 0.15) is 30.9 Å². The number of hydrogen-bond donors (Lipinski definition) is 1. The van der Waals surface area contributed by atoms with Crippen molar-refractivity contribution in [1.82, 2.24) is 0 Å². The second-order valence-electron chi connectivity index (χ2n) is 6.16. The van der Waals surface area contributed by atoms with Gasteiger partial charge in [-0.25, -0.2) is 0 Å². The van der Waals surface area contributed by atoms with Crippen molar-refractivity contribution in [2.75, 3.05) is 13.7 Å². The minimum Gasteiger partial charge on any atom is -0.493 e. The van der Waals surface area contributed by atoms with Crippen molar-refractivity contribution >= 4 is 5.97 Å². The first-order valence-electron chi connectivity index (χ1n) is 8.09. The Morgan fingerprint density at radius 3 is 2.38 bits per heavy atom. The van der Waals surface area contributed by atoms with Gasteiger partial charge in [0.1, 0.15) is 0 Å². The number of ether oxygens (including phenoxy) is 2. The monoisotopic (exact) mass is 328 g/mol. The van der Waals surface area contributed by atoms with Crippen molar-refractivity contribution in [2.45, 2.75) is 26.2 Å².